The van der Waals surface area contributed by atoms with Gasteiger partial charge in [-0.15, -0.1) is 68.6 Å². The molecular weight excluding hydrogens is 607 g/mol. The van der Waals surface area contributed by atoms with Crippen molar-refractivity contribution < 1.29 is 51.0 Å². The van der Waals surface area contributed by atoms with E-state index in [4.69, 9.17) is 0 Å². The first-order valence-electron chi connectivity index (χ1n) is 12.8. The molecule has 3 heteroatoms. The second-order valence-corrected chi connectivity index (χ2v) is 9.39. The Hall–Kier alpha value is -3.22. The van der Waals surface area contributed by atoms with E-state index < -0.39 is 0 Å². The standard InChI is InChI=1S/C22H17.C15H11.2ClH.Zr/c1-3-9-17(10-4-1)15-22-20-14-8-7-13-19(20)16-21(22)18-11-5-2-6-12-18;1-2-6-12(7-3-1)15-10-13-8-4-5-9-14(13)11-15;;;/h1-14,16H,15H2;1-11H;2*1H;/q2*-1;;;+4/p-2. The maximum atomic E-state index is 2.32. The van der Waals surface area contributed by atoms with Crippen LogP contribution in [-0.2, 0) is 32.6 Å². The summed E-state index contributed by atoms with van der Waals surface area (Å²) in [5.41, 5.74) is 8.02. The molecule has 0 unspecified atom stereocenters. The normalized spacial score (nSPS) is 10.0. The Morgan fingerprint density at radius 2 is 1.02 bits per heavy atom. The predicted octanol–water partition coefficient (Wildman–Crippen LogP) is 4.05. The smallest absolute Gasteiger partial charge is 1.00 e. The second kappa shape index (κ2) is 15.0. The van der Waals surface area contributed by atoms with Crippen LogP contribution in [0.2, 0.25) is 0 Å². The summed E-state index contributed by atoms with van der Waals surface area (Å²) in [5, 5.41) is 5.32. The Kier molecular flexibility index (Phi) is 11.7. The number of hydrogen-bond acceptors (Lipinski definition) is 0. The Balaban J connectivity index is 0.000000217. The number of benzene rings is 5. The van der Waals surface area contributed by atoms with Crippen molar-refractivity contribution in [2.75, 3.05) is 0 Å². The van der Waals surface area contributed by atoms with Crippen molar-refractivity contribution in [3.8, 4) is 22.3 Å². The first-order valence-corrected chi connectivity index (χ1v) is 12.8. The molecule has 0 N–H and O–H groups in total. The topological polar surface area (TPSA) is 0 Å². The van der Waals surface area contributed by atoms with E-state index in [0.717, 1.165) is 6.42 Å². The fourth-order valence-electron chi connectivity index (χ4n) is 5.10. The zero-order valence-corrected chi connectivity index (χ0v) is 25.9. The van der Waals surface area contributed by atoms with Crippen LogP contribution in [0.15, 0.2) is 158 Å². The minimum Gasteiger partial charge on any atom is -1.00 e. The van der Waals surface area contributed by atoms with Crippen LogP contribution < -0.4 is 24.8 Å². The molecule has 7 aromatic rings. The largest absolute Gasteiger partial charge is 4.00 e. The predicted molar refractivity (Wildman–Crippen MR) is 159 cm³/mol. The summed E-state index contributed by atoms with van der Waals surface area (Å²) in [7, 11) is 0. The maximum absolute atomic E-state index is 2.32. The molecule has 7 aromatic carbocycles. The molecule has 0 aliphatic heterocycles. The van der Waals surface area contributed by atoms with E-state index >= 15 is 0 Å². The molecule has 194 valence electrons. The molecular formula is C37H28Cl2Zr. The van der Waals surface area contributed by atoms with Crippen LogP contribution in [-0.4, -0.2) is 0 Å². The molecule has 0 aromatic heterocycles. The molecule has 40 heavy (non-hydrogen) atoms. The van der Waals surface area contributed by atoms with Crippen LogP contribution in [0.4, 0.5) is 0 Å². The fourth-order valence-corrected chi connectivity index (χ4v) is 5.10. The van der Waals surface area contributed by atoms with Crippen LogP contribution in [0.3, 0.4) is 0 Å². The van der Waals surface area contributed by atoms with Crippen molar-refractivity contribution in [1.82, 2.24) is 0 Å². The van der Waals surface area contributed by atoms with E-state index in [-0.39, 0.29) is 51.0 Å². The third-order valence-electron chi connectivity index (χ3n) is 6.94. The van der Waals surface area contributed by atoms with Gasteiger partial charge in [-0.1, -0.05) is 144 Å². The molecule has 0 aliphatic carbocycles. The van der Waals surface area contributed by atoms with Gasteiger partial charge in [0.1, 0.15) is 0 Å². The van der Waals surface area contributed by atoms with Crippen LogP contribution in [0.1, 0.15) is 11.1 Å². The molecule has 0 bridgehead atoms. The van der Waals surface area contributed by atoms with Gasteiger partial charge in [0.2, 0.25) is 0 Å². The first-order chi connectivity index (χ1) is 18.3. The minimum absolute atomic E-state index is 0. The Labute approximate surface area is 268 Å². The van der Waals surface area contributed by atoms with Gasteiger partial charge in [0.15, 0.2) is 0 Å². The van der Waals surface area contributed by atoms with E-state index in [1.54, 1.807) is 0 Å². The first kappa shape index (κ1) is 31.3. The van der Waals surface area contributed by atoms with Crippen molar-refractivity contribution >= 4 is 21.5 Å². The van der Waals surface area contributed by atoms with Crippen molar-refractivity contribution in [1.29, 1.82) is 0 Å². The van der Waals surface area contributed by atoms with E-state index in [2.05, 4.69) is 152 Å². The van der Waals surface area contributed by atoms with Crippen molar-refractivity contribution in [3.05, 3.63) is 169 Å². The molecule has 0 heterocycles. The van der Waals surface area contributed by atoms with Crippen molar-refractivity contribution in [3.63, 3.8) is 0 Å². The molecule has 0 radical (unpaired) electrons. The third kappa shape index (κ3) is 7.10. The molecule has 0 atom stereocenters. The van der Waals surface area contributed by atoms with Gasteiger partial charge in [0, 0.05) is 0 Å². The van der Waals surface area contributed by atoms with E-state index in [1.807, 2.05) is 6.07 Å². The summed E-state index contributed by atoms with van der Waals surface area (Å²) in [6.45, 7) is 0. The van der Waals surface area contributed by atoms with Gasteiger partial charge in [0.05, 0.1) is 0 Å². The molecule has 0 saturated heterocycles. The van der Waals surface area contributed by atoms with Gasteiger partial charge < -0.3 is 24.8 Å². The summed E-state index contributed by atoms with van der Waals surface area (Å²) in [6, 6.07) is 55.9. The number of halogens is 2. The minimum atomic E-state index is 0. The average Bonchev–Trinajstić information content (AvgIpc) is 3.57. The molecule has 0 nitrogen and oxygen atoms in total. The molecule has 0 fully saturated rings. The quantitative estimate of drug-likeness (QED) is 0.257. The Morgan fingerprint density at radius 3 is 1.68 bits per heavy atom. The third-order valence-corrected chi connectivity index (χ3v) is 6.94. The number of fused-ring (bicyclic) bond motifs is 2. The summed E-state index contributed by atoms with van der Waals surface area (Å²) in [5.74, 6) is 0. The summed E-state index contributed by atoms with van der Waals surface area (Å²) < 4.78 is 0. The van der Waals surface area contributed by atoms with Crippen LogP contribution in [0.5, 0.6) is 0 Å². The van der Waals surface area contributed by atoms with Gasteiger partial charge in [-0.3, -0.25) is 0 Å². The molecule has 0 aliphatic rings. The second-order valence-electron chi connectivity index (χ2n) is 9.39. The fraction of sp³-hybridized carbons (Fsp3) is 0.0270. The average molecular weight is 635 g/mol. The van der Waals surface area contributed by atoms with Crippen LogP contribution in [0, 0.1) is 0 Å². The van der Waals surface area contributed by atoms with Gasteiger partial charge >= 0.3 is 26.2 Å². The van der Waals surface area contributed by atoms with E-state index in [9.17, 15) is 0 Å². The van der Waals surface area contributed by atoms with Gasteiger partial charge in [-0.05, 0) is 6.42 Å². The van der Waals surface area contributed by atoms with Crippen LogP contribution in [0.25, 0.3) is 43.8 Å². The Morgan fingerprint density at radius 1 is 0.500 bits per heavy atom. The monoisotopic (exact) mass is 632 g/mol. The van der Waals surface area contributed by atoms with Gasteiger partial charge in [0.25, 0.3) is 0 Å². The number of rotatable bonds is 4. The SMILES string of the molecule is [Cl-].[Cl-].[Zr+4].c1ccc(-c2cc3ccccc3[cH-]2)cc1.c1ccc(C[c-]2c(-c3ccccc3)cc3ccccc32)cc1. The van der Waals surface area contributed by atoms with Crippen molar-refractivity contribution in [2.24, 2.45) is 0 Å². The molecule has 7 rings (SSSR count). The number of hydrogen-bond donors (Lipinski definition) is 0. The molecule has 0 saturated carbocycles. The van der Waals surface area contributed by atoms with E-state index in [1.165, 1.54) is 54.9 Å². The van der Waals surface area contributed by atoms with Gasteiger partial charge in [-0.2, -0.15) is 0 Å². The zero-order valence-electron chi connectivity index (χ0n) is 22.0. The summed E-state index contributed by atoms with van der Waals surface area (Å²) in [4.78, 5) is 0. The van der Waals surface area contributed by atoms with E-state index in [0.29, 0.717) is 0 Å². The van der Waals surface area contributed by atoms with Crippen LogP contribution >= 0.6 is 0 Å². The molecule has 0 spiro atoms. The van der Waals surface area contributed by atoms with Gasteiger partial charge in [-0.25, -0.2) is 0 Å². The maximum Gasteiger partial charge on any atom is 4.00 e. The Bertz CT molecular complexity index is 1700. The zero-order chi connectivity index (χ0) is 24.9. The summed E-state index contributed by atoms with van der Waals surface area (Å²) in [6.07, 6.45) is 0.971. The van der Waals surface area contributed by atoms with Crippen molar-refractivity contribution in [2.45, 2.75) is 6.42 Å². The molecule has 0 amide bonds. The summed E-state index contributed by atoms with van der Waals surface area (Å²) >= 11 is 0.